The quantitative estimate of drug-likeness (QED) is 0.598. The van der Waals surface area contributed by atoms with E-state index in [4.69, 9.17) is 16.1 Å². The van der Waals surface area contributed by atoms with Crippen LogP contribution in [0.25, 0.3) is 22.2 Å². The monoisotopic (exact) mass is 411 g/mol. The van der Waals surface area contributed by atoms with Gasteiger partial charge >= 0.3 is 0 Å². The van der Waals surface area contributed by atoms with E-state index in [0.717, 1.165) is 5.56 Å². The molecule has 0 spiro atoms. The topological polar surface area (TPSA) is 76.3 Å². The van der Waals surface area contributed by atoms with E-state index < -0.39 is 10.0 Å². The van der Waals surface area contributed by atoms with Gasteiger partial charge in [-0.2, -0.15) is 9.29 Å². The summed E-state index contributed by atoms with van der Waals surface area (Å²) in [7, 11) is -3.53. The Hall–Kier alpha value is -1.74. The van der Waals surface area contributed by atoms with Gasteiger partial charge < -0.3 is 4.52 Å². The second-order valence-electron chi connectivity index (χ2n) is 5.55. The summed E-state index contributed by atoms with van der Waals surface area (Å²) in [5.41, 5.74) is 0.772. The largest absolute Gasteiger partial charge is 0.333 e. The van der Waals surface area contributed by atoms with Gasteiger partial charge in [0.1, 0.15) is 0 Å². The van der Waals surface area contributed by atoms with Crippen LogP contribution in [0.15, 0.2) is 39.8 Å². The highest BCUT2D eigenvalue weighted by atomic mass is 35.5. The van der Waals surface area contributed by atoms with E-state index in [0.29, 0.717) is 39.6 Å². The minimum atomic E-state index is -3.53. The Kier molecular flexibility index (Phi) is 5.47. The van der Waals surface area contributed by atoms with Crippen molar-refractivity contribution in [3.63, 3.8) is 0 Å². The molecule has 6 nitrogen and oxygen atoms in total. The molecule has 2 aromatic heterocycles. The van der Waals surface area contributed by atoms with Crippen LogP contribution in [0.5, 0.6) is 0 Å². The molecule has 0 unspecified atom stereocenters. The predicted octanol–water partition coefficient (Wildman–Crippen LogP) is 4.46. The Morgan fingerprint density at radius 3 is 2.46 bits per heavy atom. The second-order valence-corrected chi connectivity index (χ2v) is 9.15. The van der Waals surface area contributed by atoms with Crippen molar-refractivity contribution in [3.05, 3.63) is 40.2 Å². The van der Waals surface area contributed by atoms with E-state index in [1.165, 1.54) is 15.6 Å². The molecular weight excluding hydrogens is 394 g/mol. The summed E-state index contributed by atoms with van der Waals surface area (Å²) in [5.74, 6) is 0.722. The maximum atomic E-state index is 12.8. The summed E-state index contributed by atoms with van der Waals surface area (Å²) in [6.45, 7) is 6.26. The van der Waals surface area contributed by atoms with Crippen LogP contribution in [0, 0.1) is 6.92 Å². The second kappa shape index (κ2) is 7.48. The Morgan fingerprint density at radius 1 is 1.19 bits per heavy atom. The van der Waals surface area contributed by atoms with Crippen LogP contribution in [-0.2, 0) is 10.0 Å². The summed E-state index contributed by atoms with van der Waals surface area (Å²) in [5, 5.41) is 4.60. The van der Waals surface area contributed by atoms with Gasteiger partial charge in [0.25, 0.3) is 5.89 Å². The Bertz CT molecular complexity index is 1010. The van der Waals surface area contributed by atoms with Gasteiger partial charge in [-0.3, -0.25) is 0 Å². The standard InChI is InChI=1S/C17H18ClN3O3S2/c1-4-21(5-2)26(22,23)15-10-14(25-11(15)3)17-19-16(20-24-17)12-6-8-13(18)9-7-12/h6-10H,4-5H2,1-3H3. The number of aryl methyl sites for hydroxylation is 1. The van der Waals surface area contributed by atoms with Crippen molar-refractivity contribution in [2.24, 2.45) is 0 Å². The van der Waals surface area contributed by atoms with Gasteiger partial charge in [0.15, 0.2) is 0 Å². The van der Waals surface area contributed by atoms with Gasteiger partial charge in [0.2, 0.25) is 15.8 Å². The lowest BCUT2D eigenvalue weighted by molar-refractivity contribution is 0.433. The van der Waals surface area contributed by atoms with Gasteiger partial charge in [-0.05, 0) is 37.3 Å². The van der Waals surface area contributed by atoms with Crippen LogP contribution in [-0.4, -0.2) is 36.0 Å². The number of benzene rings is 1. The highest BCUT2D eigenvalue weighted by Gasteiger charge is 2.27. The van der Waals surface area contributed by atoms with E-state index in [2.05, 4.69) is 10.1 Å². The molecule has 0 bridgehead atoms. The van der Waals surface area contributed by atoms with E-state index >= 15 is 0 Å². The third kappa shape index (κ3) is 3.55. The molecule has 9 heteroatoms. The number of hydrogen-bond acceptors (Lipinski definition) is 6. The predicted molar refractivity (Wildman–Crippen MR) is 103 cm³/mol. The molecule has 0 aliphatic heterocycles. The van der Waals surface area contributed by atoms with Gasteiger partial charge in [-0.25, -0.2) is 8.42 Å². The molecular formula is C17H18ClN3O3S2. The van der Waals surface area contributed by atoms with Crippen LogP contribution in [0.3, 0.4) is 0 Å². The zero-order valence-corrected chi connectivity index (χ0v) is 17.0. The molecule has 3 aromatic rings. The van der Waals surface area contributed by atoms with Gasteiger partial charge in [-0.15, -0.1) is 11.3 Å². The van der Waals surface area contributed by atoms with Crippen molar-refractivity contribution in [2.45, 2.75) is 25.7 Å². The number of nitrogens with zero attached hydrogens (tertiary/aromatic N) is 3. The van der Waals surface area contributed by atoms with Gasteiger partial charge in [-0.1, -0.05) is 30.6 Å². The Labute approximate surface area is 161 Å². The molecule has 0 saturated heterocycles. The van der Waals surface area contributed by atoms with Crippen LogP contribution in [0.1, 0.15) is 18.7 Å². The first-order chi connectivity index (χ1) is 12.4. The molecule has 0 saturated carbocycles. The first-order valence-electron chi connectivity index (χ1n) is 8.07. The zero-order chi connectivity index (χ0) is 18.9. The zero-order valence-electron chi connectivity index (χ0n) is 14.6. The normalized spacial score (nSPS) is 12.0. The first-order valence-corrected chi connectivity index (χ1v) is 10.7. The number of halogens is 1. The molecule has 0 radical (unpaired) electrons. The lowest BCUT2D eigenvalue weighted by Gasteiger charge is -2.17. The molecule has 26 heavy (non-hydrogen) atoms. The third-order valence-electron chi connectivity index (χ3n) is 3.93. The maximum Gasteiger partial charge on any atom is 0.268 e. The highest BCUT2D eigenvalue weighted by Crippen LogP contribution is 2.35. The smallest absolute Gasteiger partial charge is 0.268 e. The Balaban J connectivity index is 1.96. The molecule has 0 aliphatic carbocycles. The first kappa shape index (κ1) is 19.0. The van der Waals surface area contributed by atoms with Gasteiger partial charge in [0, 0.05) is 28.6 Å². The number of aromatic nitrogens is 2. The summed E-state index contributed by atoms with van der Waals surface area (Å²) < 4.78 is 32.3. The Morgan fingerprint density at radius 2 is 1.85 bits per heavy atom. The molecule has 0 N–H and O–H groups in total. The lowest BCUT2D eigenvalue weighted by Crippen LogP contribution is -2.30. The molecule has 2 heterocycles. The van der Waals surface area contributed by atoms with E-state index in [9.17, 15) is 8.42 Å². The molecule has 1 aromatic carbocycles. The fourth-order valence-corrected chi connectivity index (χ4v) is 5.64. The van der Waals surface area contributed by atoms with E-state index in [-0.39, 0.29) is 4.90 Å². The minimum Gasteiger partial charge on any atom is -0.333 e. The highest BCUT2D eigenvalue weighted by molar-refractivity contribution is 7.89. The van der Waals surface area contributed by atoms with Crippen molar-refractivity contribution in [1.29, 1.82) is 0 Å². The van der Waals surface area contributed by atoms with Crippen molar-refractivity contribution >= 4 is 33.0 Å². The number of sulfonamides is 1. The fourth-order valence-electron chi connectivity index (χ4n) is 2.57. The summed E-state index contributed by atoms with van der Waals surface area (Å²) in [6, 6.07) is 8.69. The van der Waals surface area contributed by atoms with Gasteiger partial charge in [0.05, 0.1) is 9.77 Å². The third-order valence-corrected chi connectivity index (χ3v) is 7.53. The number of hydrogen-bond donors (Lipinski definition) is 0. The van der Waals surface area contributed by atoms with E-state index in [1.54, 1.807) is 37.3 Å². The SMILES string of the molecule is CCN(CC)S(=O)(=O)c1cc(-c2nc(-c3ccc(Cl)cc3)no2)sc1C. The van der Waals surface area contributed by atoms with E-state index in [1.807, 2.05) is 13.8 Å². The minimum absolute atomic E-state index is 0.285. The van der Waals surface area contributed by atoms with Crippen LogP contribution < -0.4 is 0 Å². The summed E-state index contributed by atoms with van der Waals surface area (Å²) >= 11 is 7.21. The van der Waals surface area contributed by atoms with Crippen molar-refractivity contribution < 1.29 is 12.9 Å². The average Bonchev–Trinajstić information content (AvgIpc) is 3.23. The molecule has 0 fully saturated rings. The van der Waals surface area contributed by atoms with Crippen LogP contribution in [0.2, 0.25) is 5.02 Å². The summed E-state index contributed by atoms with van der Waals surface area (Å²) in [4.78, 5) is 5.99. The maximum absolute atomic E-state index is 12.8. The van der Waals surface area contributed by atoms with Crippen LogP contribution >= 0.6 is 22.9 Å². The molecule has 0 atom stereocenters. The van der Waals surface area contributed by atoms with Crippen molar-refractivity contribution in [1.82, 2.24) is 14.4 Å². The number of thiophene rings is 1. The van der Waals surface area contributed by atoms with Crippen LogP contribution in [0.4, 0.5) is 0 Å². The number of rotatable bonds is 6. The molecule has 3 rings (SSSR count). The molecule has 0 amide bonds. The van der Waals surface area contributed by atoms with Crippen molar-refractivity contribution in [3.8, 4) is 22.2 Å². The lowest BCUT2D eigenvalue weighted by atomic mass is 10.2. The summed E-state index contributed by atoms with van der Waals surface area (Å²) in [6.07, 6.45) is 0. The van der Waals surface area contributed by atoms with Crippen molar-refractivity contribution in [2.75, 3.05) is 13.1 Å². The average molecular weight is 412 g/mol. The molecule has 0 aliphatic rings. The fraction of sp³-hybridized carbons (Fsp3) is 0.294. The molecule has 138 valence electrons.